The van der Waals surface area contributed by atoms with Crippen molar-refractivity contribution in [3.63, 3.8) is 0 Å². The highest BCUT2D eigenvalue weighted by molar-refractivity contribution is 9.08. The summed E-state index contributed by atoms with van der Waals surface area (Å²) in [6.45, 7) is 0. The second-order valence-corrected chi connectivity index (χ2v) is 4.63. The van der Waals surface area contributed by atoms with Gasteiger partial charge in [-0.3, -0.25) is 4.98 Å². The number of halogens is 1. The average molecular weight is 315 g/mol. The second-order valence-electron chi connectivity index (χ2n) is 4.07. The van der Waals surface area contributed by atoms with Crippen LogP contribution in [0.3, 0.4) is 0 Å². The van der Waals surface area contributed by atoms with Crippen molar-refractivity contribution in [3.8, 4) is 11.6 Å². The van der Waals surface area contributed by atoms with Gasteiger partial charge in [-0.25, -0.2) is 4.98 Å². The van der Waals surface area contributed by atoms with Crippen molar-refractivity contribution in [1.82, 2.24) is 9.97 Å². The first-order valence-corrected chi connectivity index (χ1v) is 7.01. The molecule has 19 heavy (non-hydrogen) atoms. The van der Waals surface area contributed by atoms with Crippen LogP contribution in [0.15, 0.2) is 54.9 Å². The summed E-state index contributed by atoms with van der Waals surface area (Å²) in [7, 11) is 0. The molecule has 0 N–H and O–H groups in total. The molecule has 0 atom stereocenters. The molecule has 0 bridgehead atoms. The van der Waals surface area contributed by atoms with Crippen molar-refractivity contribution in [2.45, 2.75) is 5.33 Å². The van der Waals surface area contributed by atoms with Crippen LogP contribution < -0.4 is 4.74 Å². The van der Waals surface area contributed by atoms with Gasteiger partial charge in [0.15, 0.2) is 0 Å². The van der Waals surface area contributed by atoms with Gasteiger partial charge in [0.05, 0.1) is 11.7 Å². The van der Waals surface area contributed by atoms with Crippen LogP contribution in [0.5, 0.6) is 11.6 Å². The molecule has 94 valence electrons. The Labute approximate surface area is 119 Å². The van der Waals surface area contributed by atoms with Gasteiger partial charge in [0.2, 0.25) is 5.88 Å². The van der Waals surface area contributed by atoms with Crippen molar-refractivity contribution >= 4 is 26.8 Å². The number of para-hydroxylation sites is 1. The number of aromatic nitrogens is 2. The standard InChI is InChI=1S/C15H11BrN2O/c16-9-12-8-11-4-1-2-6-14(11)18-15(12)19-13-5-3-7-17-10-13/h1-8,10H,9H2. The highest BCUT2D eigenvalue weighted by Crippen LogP contribution is 2.27. The maximum atomic E-state index is 5.80. The minimum Gasteiger partial charge on any atom is -0.437 e. The van der Waals surface area contributed by atoms with Crippen LogP contribution in [0, 0.1) is 0 Å². The smallest absolute Gasteiger partial charge is 0.223 e. The van der Waals surface area contributed by atoms with Crippen LogP contribution in [-0.4, -0.2) is 9.97 Å². The van der Waals surface area contributed by atoms with E-state index < -0.39 is 0 Å². The molecule has 2 heterocycles. The Morgan fingerprint density at radius 1 is 1.11 bits per heavy atom. The molecular formula is C15H11BrN2O. The highest BCUT2D eigenvalue weighted by Gasteiger charge is 2.08. The van der Waals surface area contributed by atoms with Crippen LogP contribution in [-0.2, 0) is 5.33 Å². The summed E-state index contributed by atoms with van der Waals surface area (Å²) in [5.41, 5.74) is 1.94. The minimum absolute atomic E-state index is 0.614. The first-order valence-electron chi connectivity index (χ1n) is 5.89. The molecule has 0 aliphatic carbocycles. The van der Waals surface area contributed by atoms with Crippen molar-refractivity contribution in [2.75, 3.05) is 0 Å². The fourth-order valence-electron chi connectivity index (χ4n) is 1.85. The summed E-state index contributed by atoms with van der Waals surface area (Å²) in [6, 6.07) is 13.8. The molecule has 3 aromatic rings. The largest absolute Gasteiger partial charge is 0.437 e. The number of pyridine rings is 2. The maximum absolute atomic E-state index is 5.80. The minimum atomic E-state index is 0.614. The van der Waals surface area contributed by atoms with Crippen LogP contribution in [0.2, 0.25) is 0 Å². The maximum Gasteiger partial charge on any atom is 0.223 e. The van der Waals surface area contributed by atoms with Gasteiger partial charge in [0.1, 0.15) is 5.75 Å². The van der Waals surface area contributed by atoms with E-state index in [1.165, 1.54) is 0 Å². The SMILES string of the molecule is BrCc1cc2ccccc2nc1Oc1cccnc1. The van der Waals surface area contributed by atoms with E-state index in [-0.39, 0.29) is 0 Å². The topological polar surface area (TPSA) is 35.0 Å². The lowest BCUT2D eigenvalue weighted by atomic mass is 10.2. The molecule has 0 aliphatic rings. The Hall–Kier alpha value is -1.94. The molecule has 0 saturated carbocycles. The zero-order valence-corrected chi connectivity index (χ0v) is 11.7. The average Bonchev–Trinajstić information content (AvgIpc) is 2.47. The van der Waals surface area contributed by atoms with Crippen LogP contribution >= 0.6 is 15.9 Å². The number of nitrogens with zero attached hydrogens (tertiary/aromatic N) is 2. The third-order valence-electron chi connectivity index (χ3n) is 2.76. The van der Waals surface area contributed by atoms with Crippen molar-refractivity contribution in [3.05, 3.63) is 60.4 Å². The summed E-state index contributed by atoms with van der Waals surface area (Å²) < 4.78 is 5.80. The van der Waals surface area contributed by atoms with E-state index in [0.29, 0.717) is 17.0 Å². The Bertz CT molecular complexity index is 701. The fourth-order valence-corrected chi connectivity index (χ4v) is 2.25. The van der Waals surface area contributed by atoms with Crippen LogP contribution in [0.25, 0.3) is 10.9 Å². The van der Waals surface area contributed by atoms with Crippen molar-refractivity contribution in [2.24, 2.45) is 0 Å². The Kier molecular flexibility index (Phi) is 3.42. The molecule has 1 aromatic carbocycles. The van der Waals surface area contributed by atoms with Gasteiger partial charge in [0, 0.05) is 22.5 Å². The van der Waals surface area contributed by atoms with E-state index in [1.54, 1.807) is 12.4 Å². The van der Waals surface area contributed by atoms with Gasteiger partial charge < -0.3 is 4.74 Å². The van der Waals surface area contributed by atoms with E-state index in [9.17, 15) is 0 Å². The molecule has 0 spiro atoms. The van der Waals surface area contributed by atoms with E-state index in [0.717, 1.165) is 16.5 Å². The van der Waals surface area contributed by atoms with Crippen molar-refractivity contribution < 1.29 is 4.74 Å². The summed E-state index contributed by atoms with van der Waals surface area (Å²) in [6.07, 6.45) is 3.39. The molecule has 0 amide bonds. The third-order valence-corrected chi connectivity index (χ3v) is 3.36. The second kappa shape index (κ2) is 5.36. The number of ether oxygens (including phenoxy) is 1. The van der Waals surface area contributed by atoms with Gasteiger partial charge >= 0.3 is 0 Å². The summed E-state index contributed by atoms with van der Waals surface area (Å²) in [4.78, 5) is 8.60. The third kappa shape index (κ3) is 2.58. The molecule has 0 unspecified atom stereocenters. The monoisotopic (exact) mass is 314 g/mol. The highest BCUT2D eigenvalue weighted by atomic mass is 79.9. The number of fused-ring (bicyclic) bond motifs is 1. The number of benzene rings is 1. The molecule has 0 saturated heterocycles. The van der Waals surface area contributed by atoms with E-state index >= 15 is 0 Å². The van der Waals surface area contributed by atoms with Crippen LogP contribution in [0.1, 0.15) is 5.56 Å². The molecular weight excluding hydrogens is 304 g/mol. The first kappa shape index (κ1) is 12.1. The fraction of sp³-hybridized carbons (Fsp3) is 0.0667. The van der Waals surface area contributed by atoms with Gasteiger partial charge in [-0.2, -0.15) is 0 Å². The predicted molar refractivity (Wildman–Crippen MR) is 78.7 cm³/mol. The number of hydrogen-bond donors (Lipinski definition) is 0. The predicted octanol–water partition coefficient (Wildman–Crippen LogP) is 4.32. The molecule has 0 aliphatic heterocycles. The Morgan fingerprint density at radius 3 is 2.79 bits per heavy atom. The lowest BCUT2D eigenvalue weighted by Gasteiger charge is -2.09. The number of hydrogen-bond acceptors (Lipinski definition) is 3. The lowest BCUT2D eigenvalue weighted by Crippen LogP contribution is -1.94. The normalized spacial score (nSPS) is 10.6. The number of alkyl halides is 1. The summed E-state index contributed by atoms with van der Waals surface area (Å²) in [5.74, 6) is 1.30. The van der Waals surface area contributed by atoms with Gasteiger partial charge in [-0.15, -0.1) is 0 Å². The molecule has 3 nitrogen and oxygen atoms in total. The lowest BCUT2D eigenvalue weighted by molar-refractivity contribution is 0.458. The van der Waals surface area contributed by atoms with Gasteiger partial charge in [-0.1, -0.05) is 34.1 Å². The number of rotatable bonds is 3. The molecule has 3 rings (SSSR count). The molecule has 2 aromatic heterocycles. The Morgan fingerprint density at radius 2 is 2.00 bits per heavy atom. The molecule has 0 radical (unpaired) electrons. The van der Waals surface area contributed by atoms with Crippen LogP contribution in [0.4, 0.5) is 0 Å². The zero-order valence-electron chi connectivity index (χ0n) is 10.1. The summed E-state index contributed by atoms with van der Waals surface area (Å²) >= 11 is 3.47. The van der Waals surface area contributed by atoms with E-state index in [2.05, 4.69) is 32.0 Å². The van der Waals surface area contributed by atoms with Gasteiger partial charge in [0.25, 0.3) is 0 Å². The molecule has 0 fully saturated rings. The van der Waals surface area contributed by atoms with E-state index in [4.69, 9.17) is 4.74 Å². The summed E-state index contributed by atoms with van der Waals surface area (Å²) in [5, 5.41) is 1.80. The first-order chi connectivity index (χ1) is 9.36. The van der Waals surface area contributed by atoms with Crippen molar-refractivity contribution in [1.29, 1.82) is 0 Å². The zero-order chi connectivity index (χ0) is 13.1. The molecule has 4 heteroatoms. The van der Waals surface area contributed by atoms with Gasteiger partial charge in [-0.05, 0) is 24.3 Å². The van der Waals surface area contributed by atoms with E-state index in [1.807, 2.05) is 36.4 Å². The Balaban J connectivity index is 2.06. The quantitative estimate of drug-likeness (QED) is 0.675.